The third kappa shape index (κ3) is 3.04. The second kappa shape index (κ2) is 5.57. The van der Waals surface area contributed by atoms with E-state index in [1.807, 2.05) is 0 Å². The van der Waals surface area contributed by atoms with Crippen LogP contribution in [0.15, 0.2) is 17.7 Å². The lowest BCUT2D eigenvalue weighted by Gasteiger charge is -2.34. The molecule has 0 aromatic carbocycles. The van der Waals surface area contributed by atoms with Gasteiger partial charge in [-0.1, -0.05) is 32.4 Å². The first-order chi connectivity index (χ1) is 9.32. The van der Waals surface area contributed by atoms with Gasteiger partial charge in [-0.25, -0.2) is 4.98 Å². The Morgan fingerprint density at radius 3 is 2.50 bits per heavy atom. The molecule has 2 N–H and O–H groups in total. The molecule has 0 saturated carbocycles. The highest BCUT2D eigenvalue weighted by molar-refractivity contribution is 5.53. The van der Waals surface area contributed by atoms with Crippen molar-refractivity contribution >= 4 is 5.82 Å². The molecule has 0 radical (unpaired) electrons. The highest BCUT2D eigenvalue weighted by Gasteiger charge is 2.23. The summed E-state index contributed by atoms with van der Waals surface area (Å²) >= 11 is 0. The minimum Gasteiger partial charge on any atom is -0.352 e. The van der Waals surface area contributed by atoms with Gasteiger partial charge in [0.15, 0.2) is 0 Å². The van der Waals surface area contributed by atoms with E-state index in [2.05, 4.69) is 51.7 Å². The Hall–Kier alpha value is -1.35. The molecule has 0 spiro atoms. The molecule has 1 aliphatic heterocycles. The SMILES string of the molecule is Cc1cc(C)c(CN)c(N2CC=C(C(C)(C)C)CC2)n1. The van der Waals surface area contributed by atoms with Crippen molar-refractivity contribution in [2.24, 2.45) is 11.1 Å². The fourth-order valence-electron chi connectivity index (χ4n) is 2.90. The Balaban J connectivity index is 2.29. The number of rotatable bonds is 2. The van der Waals surface area contributed by atoms with Crippen LogP contribution in [0.25, 0.3) is 0 Å². The number of nitrogens with zero attached hydrogens (tertiary/aromatic N) is 2. The van der Waals surface area contributed by atoms with Crippen LogP contribution >= 0.6 is 0 Å². The maximum absolute atomic E-state index is 5.92. The molecule has 0 atom stereocenters. The van der Waals surface area contributed by atoms with Crippen molar-refractivity contribution in [2.75, 3.05) is 18.0 Å². The number of hydrogen-bond acceptors (Lipinski definition) is 3. The lowest BCUT2D eigenvalue weighted by molar-refractivity contribution is 0.472. The number of aryl methyl sites for hydroxylation is 2. The zero-order valence-corrected chi connectivity index (χ0v) is 13.5. The molecule has 1 aromatic rings. The van der Waals surface area contributed by atoms with E-state index in [1.54, 1.807) is 5.57 Å². The summed E-state index contributed by atoms with van der Waals surface area (Å²) in [4.78, 5) is 7.09. The molecule has 2 rings (SSSR count). The van der Waals surface area contributed by atoms with E-state index in [0.717, 1.165) is 31.0 Å². The summed E-state index contributed by atoms with van der Waals surface area (Å²) in [6, 6.07) is 2.12. The third-order valence-electron chi connectivity index (χ3n) is 4.13. The van der Waals surface area contributed by atoms with Crippen molar-refractivity contribution in [2.45, 2.75) is 47.6 Å². The van der Waals surface area contributed by atoms with E-state index in [9.17, 15) is 0 Å². The summed E-state index contributed by atoms with van der Waals surface area (Å²) in [6.07, 6.45) is 3.48. The van der Waals surface area contributed by atoms with Crippen LogP contribution in [0, 0.1) is 19.3 Å². The molecular weight excluding hydrogens is 246 g/mol. The van der Waals surface area contributed by atoms with Crippen molar-refractivity contribution < 1.29 is 0 Å². The van der Waals surface area contributed by atoms with Gasteiger partial charge in [-0.15, -0.1) is 0 Å². The summed E-state index contributed by atoms with van der Waals surface area (Å²) in [6.45, 7) is 13.6. The van der Waals surface area contributed by atoms with Gasteiger partial charge in [0.25, 0.3) is 0 Å². The molecule has 0 amide bonds. The normalized spacial score (nSPS) is 16.3. The van der Waals surface area contributed by atoms with Gasteiger partial charge < -0.3 is 10.6 Å². The summed E-state index contributed by atoms with van der Waals surface area (Å²) in [5.74, 6) is 1.08. The first-order valence-electron chi connectivity index (χ1n) is 7.44. The van der Waals surface area contributed by atoms with E-state index in [-0.39, 0.29) is 5.41 Å². The molecule has 0 saturated heterocycles. The zero-order valence-electron chi connectivity index (χ0n) is 13.5. The van der Waals surface area contributed by atoms with Crippen LogP contribution in [-0.4, -0.2) is 18.1 Å². The number of pyridine rings is 1. The van der Waals surface area contributed by atoms with Gasteiger partial charge in [0, 0.05) is 30.9 Å². The van der Waals surface area contributed by atoms with E-state index in [0.29, 0.717) is 6.54 Å². The minimum atomic E-state index is 0.277. The van der Waals surface area contributed by atoms with Gasteiger partial charge in [0.05, 0.1) is 0 Å². The van der Waals surface area contributed by atoms with Gasteiger partial charge in [-0.2, -0.15) is 0 Å². The summed E-state index contributed by atoms with van der Waals surface area (Å²) in [7, 11) is 0. The molecule has 0 aliphatic carbocycles. The maximum atomic E-state index is 5.92. The summed E-state index contributed by atoms with van der Waals surface area (Å²) < 4.78 is 0. The molecule has 1 aromatic heterocycles. The fraction of sp³-hybridized carbons (Fsp3) is 0.588. The van der Waals surface area contributed by atoms with Crippen LogP contribution in [0.1, 0.15) is 44.0 Å². The molecule has 0 fully saturated rings. The van der Waals surface area contributed by atoms with Gasteiger partial charge in [0.2, 0.25) is 0 Å². The molecule has 2 heterocycles. The first-order valence-corrected chi connectivity index (χ1v) is 7.44. The van der Waals surface area contributed by atoms with Crippen molar-refractivity contribution in [1.29, 1.82) is 0 Å². The van der Waals surface area contributed by atoms with Gasteiger partial charge in [-0.3, -0.25) is 0 Å². The van der Waals surface area contributed by atoms with Crippen LogP contribution in [0.3, 0.4) is 0 Å². The monoisotopic (exact) mass is 273 g/mol. The van der Waals surface area contributed by atoms with Crippen molar-refractivity contribution in [3.8, 4) is 0 Å². The Morgan fingerprint density at radius 1 is 1.30 bits per heavy atom. The molecule has 20 heavy (non-hydrogen) atoms. The summed E-state index contributed by atoms with van der Waals surface area (Å²) in [5.41, 5.74) is 11.3. The predicted molar refractivity (Wildman–Crippen MR) is 86.0 cm³/mol. The van der Waals surface area contributed by atoms with E-state index < -0.39 is 0 Å². The minimum absolute atomic E-state index is 0.277. The number of anilines is 1. The van der Waals surface area contributed by atoms with Crippen LogP contribution < -0.4 is 10.6 Å². The van der Waals surface area contributed by atoms with Crippen LogP contribution in [0.5, 0.6) is 0 Å². The van der Waals surface area contributed by atoms with E-state index in [4.69, 9.17) is 10.7 Å². The second-order valence-corrected chi connectivity index (χ2v) is 6.76. The first kappa shape index (κ1) is 15.0. The Morgan fingerprint density at radius 2 is 2.00 bits per heavy atom. The van der Waals surface area contributed by atoms with Crippen molar-refractivity contribution in [3.63, 3.8) is 0 Å². The predicted octanol–water partition coefficient (Wildman–Crippen LogP) is 3.34. The van der Waals surface area contributed by atoms with Gasteiger partial charge in [-0.05, 0) is 37.3 Å². The van der Waals surface area contributed by atoms with Crippen LogP contribution in [-0.2, 0) is 6.54 Å². The average molecular weight is 273 g/mol. The highest BCUT2D eigenvalue weighted by atomic mass is 15.2. The molecular formula is C17H27N3. The Kier molecular flexibility index (Phi) is 4.19. The second-order valence-electron chi connectivity index (χ2n) is 6.76. The molecule has 0 unspecified atom stereocenters. The number of aromatic nitrogens is 1. The highest BCUT2D eigenvalue weighted by Crippen LogP contribution is 2.32. The standard InChI is InChI=1S/C17H27N3/c1-12-10-13(2)19-16(15(12)11-18)20-8-6-14(7-9-20)17(3,4)5/h6,10H,7-9,11,18H2,1-5H3. The maximum Gasteiger partial charge on any atom is 0.133 e. The van der Waals surface area contributed by atoms with E-state index >= 15 is 0 Å². The quantitative estimate of drug-likeness (QED) is 0.840. The van der Waals surface area contributed by atoms with Crippen molar-refractivity contribution in [1.82, 2.24) is 4.98 Å². The topological polar surface area (TPSA) is 42.1 Å². The molecule has 1 aliphatic rings. The smallest absolute Gasteiger partial charge is 0.133 e. The molecule has 3 heteroatoms. The largest absolute Gasteiger partial charge is 0.352 e. The zero-order chi connectivity index (χ0) is 14.9. The molecule has 0 bridgehead atoms. The lowest BCUT2D eigenvalue weighted by atomic mass is 9.83. The average Bonchev–Trinajstić information content (AvgIpc) is 2.37. The third-order valence-corrected chi connectivity index (χ3v) is 4.13. The number of hydrogen-bond donors (Lipinski definition) is 1. The number of nitrogens with two attached hydrogens (primary N) is 1. The summed E-state index contributed by atoms with van der Waals surface area (Å²) in [5, 5.41) is 0. The fourth-order valence-corrected chi connectivity index (χ4v) is 2.90. The van der Waals surface area contributed by atoms with Crippen molar-refractivity contribution in [3.05, 3.63) is 34.5 Å². The Bertz CT molecular complexity index is 524. The van der Waals surface area contributed by atoms with Crippen LogP contribution in [0.2, 0.25) is 0 Å². The molecule has 3 nitrogen and oxygen atoms in total. The van der Waals surface area contributed by atoms with E-state index in [1.165, 1.54) is 11.1 Å². The van der Waals surface area contributed by atoms with Crippen LogP contribution in [0.4, 0.5) is 5.82 Å². The molecule has 110 valence electrons. The lowest BCUT2D eigenvalue weighted by Crippen LogP contribution is -2.33. The van der Waals surface area contributed by atoms with Gasteiger partial charge >= 0.3 is 0 Å². The Labute approximate surface area is 122 Å². The van der Waals surface area contributed by atoms with Gasteiger partial charge in [0.1, 0.15) is 5.82 Å².